The SMILES string of the molecule is CCCCS(=O)(=O)NC(=O)C(NC(=O)C(Cc1ccc(-n2cncn2)cc1)N(C)C(=O)c1cc(C)cc(O)c1)C(C)C. The maximum Gasteiger partial charge on any atom is 0.256 e. The van der Waals surface area contributed by atoms with Crippen molar-refractivity contribution in [3.63, 3.8) is 0 Å². The molecule has 1 heterocycles. The van der Waals surface area contributed by atoms with Crippen LogP contribution in [0, 0.1) is 12.8 Å². The summed E-state index contributed by atoms with van der Waals surface area (Å²) in [5.41, 5.74) is 2.32. The Morgan fingerprint density at radius 2 is 1.76 bits per heavy atom. The summed E-state index contributed by atoms with van der Waals surface area (Å²) in [5, 5.41) is 16.8. The van der Waals surface area contributed by atoms with Crippen LogP contribution in [0.1, 0.15) is 55.1 Å². The van der Waals surface area contributed by atoms with E-state index in [2.05, 4.69) is 20.1 Å². The predicted octanol–water partition coefficient (Wildman–Crippen LogP) is 2.35. The number of hydrogen-bond donors (Lipinski definition) is 3. The lowest BCUT2D eigenvalue weighted by Crippen LogP contribution is -2.57. The minimum atomic E-state index is -3.87. The van der Waals surface area contributed by atoms with Gasteiger partial charge < -0.3 is 15.3 Å². The zero-order valence-electron chi connectivity index (χ0n) is 24.4. The number of aromatic nitrogens is 3. The quantitative estimate of drug-likeness (QED) is 0.270. The standard InChI is InChI=1S/C29H38N6O6S/c1-6-7-12-42(40,41)33-28(38)26(19(2)3)32-27(37)25(34(5)29(39)22-13-20(4)14-24(36)16-22)15-21-8-10-23(11-9-21)35-18-30-17-31-35/h8-11,13-14,16-19,25-26,36H,6-7,12,15H2,1-5H3,(H,32,37)(H,33,38). The number of nitrogens with one attached hydrogen (secondary N) is 2. The summed E-state index contributed by atoms with van der Waals surface area (Å²) in [7, 11) is -2.41. The number of phenols is 1. The number of aromatic hydroxyl groups is 1. The van der Waals surface area contributed by atoms with E-state index in [-0.39, 0.29) is 23.5 Å². The fraction of sp³-hybridized carbons (Fsp3) is 0.414. The first-order chi connectivity index (χ1) is 19.8. The summed E-state index contributed by atoms with van der Waals surface area (Å²) >= 11 is 0. The van der Waals surface area contributed by atoms with E-state index in [0.717, 1.165) is 11.3 Å². The number of aryl methyl sites for hydroxylation is 1. The number of benzene rings is 2. The van der Waals surface area contributed by atoms with Crippen LogP contribution in [0.2, 0.25) is 0 Å². The molecule has 3 amide bonds. The second kappa shape index (κ2) is 14.1. The molecule has 12 nitrogen and oxygen atoms in total. The van der Waals surface area contributed by atoms with Gasteiger partial charge in [0.25, 0.3) is 11.8 Å². The Labute approximate surface area is 246 Å². The molecule has 42 heavy (non-hydrogen) atoms. The van der Waals surface area contributed by atoms with Gasteiger partial charge in [-0.3, -0.25) is 19.1 Å². The van der Waals surface area contributed by atoms with Crippen LogP contribution in [0.3, 0.4) is 0 Å². The topological polar surface area (TPSA) is 164 Å². The number of nitrogens with zero attached hydrogens (tertiary/aromatic N) is 4. The Kier molecular flexibility index (Phi) is 10.8. The highest BCUT2D eigenvalue weighted by atomic mass is 32.2. The number of hydrogen-bond acceptors (Lipinski definition) is 8. The zero-order chi connectivity index (χ0) is 31.0. The molecule has 0 aliphatic heterocycles. The highest BCUT2D eigenvalue weighted by molar-refractivity contribution is 7.90. The van der Waals surface area contributed by atoms with Crippen molar-refractivity contribution in [1.82, 2.24) is 29.7 Å². The Bertz CT molecular complexity index is 1470. The third-order valence-electron chi connectivity index (χ3n) is 6.72. The van der Waals surface area contributed by atoms with Crippen LogP contribution >= 0.6 is 0 Å². The third kappa shape index (κ3) is 8.62. The number of unbranched alkanes of at least 4 members (excludes halogenated alkanes) is 1. The van der Waals surface area contributed by atoms with Gasteiger partial charge in [-0.2, -0.15) is 5.10 Å². The van der Waals surface area contributed by atoms with Gasteiger partial charge in [-0.1, -0.05) is 39.3 Å². The van der Waals surface area contributed by atoms with Crippen LogP contribution in [0.25, 0.3) is 5.69 Å². The van der Waals surface area contributed by atoms with E-state index in [1.165, 1.54) is 30.4 Å². The van der Waals surface area contributed by atoms with Crippen molar-refractivity contribution in [2.75, 3.05) is 12.8 Å². The van der Waals surface area contributed by atoms with E-state index < -0.39 is 45.7 Å². The minimum Gasteiger partial charge on any atom is -0.508 e. The first-order valence-corrected chi connectivity index (χ1v) is 15.3. The van der Waals surface area contributed by atoms with Crippen LogP contribution in [-0.2, 0) is 26.0 Å². The van der Waals surface area contributed by atoms with Crippen molar-refractivity contribution in [2.45, 2.75) is 59.0 Å². The highest BCUT2D eigenvalue weighted by Gasteiger charge is 2.33. The Morgan fingerprint density at radius 3 is 2.33 bits per heavy atom. The monoisotopic (exact) mass is 598 g/mol. The van der Waals surface area contributed by atoms with Gasteiger partial charge in [0.2, 0.25) is 15.9 Å². The van der Waals surface area contributed by atoms with E-state index in [9.17, 15) is 27.9 Å². The number of phenolic OH excluding ortho intramolecular Hbond substituents is 1. The molecule has 13 heteroatoms. The number of carbonyl (C=O) groups excluding carboxylic acids is 3. The average molecular weight is 599 g/mol. The van der Waals surface area contributed by atoms with Gasteiger partial charge in [0, 0.05) is 19.0 Å². The summed E-state index contributed by atoms with van der Waals surface area (Å²) in [6.07, 6.45) is 4.08. The third-order valence-corrected chi connectivity index (χ3v) is 8.06. The van der Waals surface area contributed by atoms with Gasteiger partial charge in [-0.15, -0.1) is 0 Å². The van der Waals surface area contributed by atoms with Crippen LogP contribution in [0.15, 0.2) is 55.1 Å². The molecule has 0 fully saturated rings. The molecular formula is C29H38N6O6S. The van der Waals surface area contributed by atoms with E-state index in [4.69, 9.17) is 0 Å². The maximum absolute atomic E-state index is 13.8. The first kappa shape index (κ1) is 32.3. The zero-order valence-corrected chi connectivity index (χ0v) is 25.3. The Hall–Kier alpha value is -4.26. The van der Waals surface area contributed by atoms with E-state index in [1.807, 2.05) is 6.92 Å². The number of likely N-dealkylation sites (N-methyl/N-ethyl adjacent to an activating group) is 1. The number of amides is 3. The summed E-state index contributed by atoms with van der Waals surface area (Å²) in [4.78, 5) is 45.4. The van der Waals surface area contributed by atoms with Crippen molar-refractivity contribution >= 4 is 27.7 Å². The molecule has 0 saturated carbocycles. The van der Waals surface area contributed by atoms with Crippen LogP contribution in [0.5, 0.6) is 5.75 Å². The second-order valence-electron chi connectivity index (χ2n) is 10.6. The van der Waals surface area contributed by atoms with Crippen molar-refractivity contribution in [1.29, 1.82) is 0 Å². The molecule has 3 aromatic rings. The summed E-state index contributed by atoms with van der Waals surface area (Å²) in [5.74, 6) is -2.74. The number of rotatable bonds is 13. The molecule has 0 bridgehead atoms. The van der Waals surface area contributed by atoms with E-state index >= 15 is 0 Å². The second-order valence-corrected chi connectivity index (χ2v) is 12.4. The molecule has 0 radical (unpaired) electrons. The Morgan fingerprint density at radius 1 is 1.07 bits per heavy atom. The van der Waals surface area contributed by atoms with Gasteiger partial charge in [0.15, 0.2) is 0 Å². The molecule has 0 aliphatic rings. The smallest absolute Gasteiger partial charge is 0.256 e. The fourth-order valence-electron chi connectivity index (χ4n) is 4.37. The van der Waals surface area contributed by atoms with Crippen LogP contribution in [0.4, 0.5) is 0 Å². The largest absolute Gasteiger partial charge is 0.508 e. The number of sulfonamides is 1. The molecule has 3 N–H and O–H groups in total. The van der Waals surface area contributed by atoms with Gasteiger partial charge in [-0.25, -0.2) is 18.1 Å². The van der Waals surface area contributed by atoms with E-state index in [1.54, 1.807) is 62.1 Å². The van der Waals surface area contributed by atoms with Gasteiger partial charge >= 0.3 is 0 Å². The molecule has 2 aromatic carbocycles. The predicted molar refractivity (Wildman–Crippen MR) is 157 cm³/mol. The molecule has 1 aromatic heterocycles. The highest BCUT2D eigenvalue weighted by Crippen LogP contribution is 2.19. The molecule has 0 saturated heterocycles. The van der Waals surface area contributed by atoms with Crippen molar-refractivity contribution in [3.05, 3.63) is 71.8 Å². The van der Waals surface area contributed by atoms with Gasteiger partial charge in [0.1, 0.15) is 30.5 Å². The van der Waals surface area contributed by atoms with Crippen molar-refractivity contribution in [3.8, 4) is 11.4 Å². The molecular weight excluding hydrogens is 560 g/mol. The molecule has 0 spiro atoms. The lowest BCUT2D eigenvalue weighted by atomic mass is 9.99. The normalized spacial score (nSPS) is 12.9. The lowest BCUT2D eigenvalue weighted by Gasteiger charge is -2.30. The Balaban J connectivity index is 1.90. The molecule has 0 aliphatic carbocycles. The van der Waals surface area contributed by atoms with Crippen LogP contribution < -0.4 is 10.0 Å². The summed E-state index contributed by atoms with van der Waals surface area (Å²) in [6.45, 7) is 6.95. The van der Waals surface area contributed by atoms with Gasteiger partial charge in [0.05, 0.1) is 11.4 Å². The van der Waals surface area contributed by atoms with Crippen molar-refractivity contribution in [2.24, 2.45) is 5.92 Å². The van der Waals surface area contributed by atoms with Crippen LogP contribution in [-0.4, -0.2) is 75.8 Å². The summed E-state index contributed by atoms with van der Waals surface area (Å²) < 4.78 is 28.4. The van der Waals surface area contributed by atoms with Crippen molar-refractivity contribution < 1.29 is 27.9 Å². The average Bonchev–Trinajstić information content (AvgIpc) is 3.47. The fourth-order valence-corrected chi connectivity index (χ4v) is 5.58. The first-order valence-electron chi connectivity index (χ1n) is 13.7. The molecule has 2 unspecified atom stereocenters. The summed E-state index contributed by atoms with van der Waals surface area (Å²) in [6, 6.07) is 9.36. The van der Waals surface area contributed by atoms with E-state index in [0.29, 0.717) is 18.4 Å². The molecule has 3 rings (SSSR count). The molecule has 226 valence electrons. The minimum absolute atomic E-state index is 0.0859. The number of carbonyl (C=O) groups is 3. The maximum atomic E-state index is 13.8. The van der Waals surface area contributed by atoms with Gasteiger partial charge in [-0.05, 0) is 60.7 Å². The molecule has 2 atom stereocenters. The lowest BCUT2D eigenvalue weighted by molar-refractivity contribution is -0.131.